The monoisotopic (exact) mass is 207 g/mol. The lowest BCUT2D eigenvalue weighted by Crippen LogP contribution is -2.20. The maximum Gasteiger partial charge on any atom is 0.0765 e. The van der Waals surface area contributed by atoms with Gasteiger partial charge in [0, 0.05) is 11.6 Å². The number of allylic oxidation sites excluding steroid dienone is 4. The fourth-order valence-corrected chi connectivity index (χ4v) is 1.65. The van der Waals surface area contributed by atoms with Gasteiger partial charge in [0.2, 0.25) is 0 Å². The normalized spacial score (nSPS) is 20.9. The Bertz CT molecular complexity index is 323. The second-order valence-electron chi connectivity index (χ2n) is 3.89. The van der Waals surface area contributed by atoms with Gasteiger partial charge in [-0.3, -0.25) is 0 Å². The van der Waals surface area contributed by atoms with Crippen molar-refractivity contribution in [2.45, 2.75) is 27.2 Å². The minimum Gasteiger partial charge on any atom is -0.350 e. The zero-order chi connectivity index (χ0) is 10.7. The fraction of sp³-hybridized carbons (Fsp3) is 0.417. The first-order chi connectivity index (χ1) is 6.50. The molecule has 0 bridgehead atoms. The van der Waals surface area contributed by atoms with Gasteiger partial charge in [-0.05, 0) is 38.8 Å². The van der Waals surface area contributed by atoms with E-state index in [2.05, 4.69) is 37.9 Å². The van der Waals surface area contributed by atoms with Crippen LogP contribution in [0.15, 0.2) is 35.6 Å². The quantitative estimate of drug-likeness (QED) is 0.550. The Labute approximate surface area is 91.6 Å². The molecule has 0 heterocycles. The summed E-state index contributed by atoms with van der Waals surface area (Å²) in [6, 6.07) is 0. The van der Waals surface area contributed by atoms with E-state index in [-0.39, 0.29) is 0 Å². The molecule has 0 spiro atoms. The molecule has 76 valence electrons. The second-order valence-corrected chi connectivity index (χ2v) is 4.50. The summed E-state index contributed by atoms with van der Waals surface area (Å²) in [5, 5.41) is 3.19. The van der Waals surface area contributed by atoms with Gasteiger partial charge in [0.05, 0.1) is 4.99 Å². The van der Waals surface area contributed by atoms with Gasteiger partial charge in [-0.25, -0.2) is 0 Å². The van der Waals surface area contributed by atoms with Crippen molar-refractivity contribution >= 4 is 17.2 Å². The minimum absolute atomic E-state index is 0.492. The van der Waals surface area contributed by atoms with Crippen molar-refractivity contribution in [3.05, 3.63) is 35.6 Å². The molecule has 1 atom stereocenters. The molecule has 1 nitrogen and oxygen atoms in total. The molecule has 1 unspecified atom stereocenters. The highest BCUT2D eigenvalue weighted by Gasteiger charge is 2.13. The van der Waals surface area contributed by atoms with E-state index in [1.54, 1.807) is 0 Å². The molecule has 2 heteroatoms. The van der Waals surface area contributed by atoms with E-state index >= 15 is 0 Å². The zero-order valence-electron chi connectivity index (χ0n) is 9.05. The maximum absolute atomic E-state index is 5.01. The minimum atomic E-state index is 0.492. The molecule has 1 aliphatic carbocycles. The topological polar surface area (TPSA) is 12.0 Å². The van der Waals surface area contributed by atoms with Crippen LogP contribution in [0, 0.1) is 5.92 Å². The summed E-state index contributed by atoms with van der Waals surface area (Å²) >= 11 is 5.01. The van der Waals surface area contributed by atoms with E-state index in [1.807, 2.05) is 6.92 Å². The summed E-state index contributed by atoms with van der Waals surface area (Å²) < 4.78 is 0. The molecule has 0 saturated carbocycles. The van der Waals surface area contributed by atoms with Crippen molar-refractivity contribution in [1.29, 1.82) is 0 Å². The molecule has 0 aromatic carbocycles. The predicted octanol–water partition coefficient (Wildman–Crippen LogP) is 3.35. The second kappa shape index (κ2) is 4.56. The van der Waals surface area contributed by atoms with Crippen LogP contribution in [0.3, 0.4) is 0 Å². The van der Waals surface area contributed by atoms with Crippen LogP contribution in [-0.4, -0.2) is 4.99 Å². The Morgan fingerprint density at radius 2 is 2.21 bits per heavy atom. The van der Waals surface area contributed by atoms with Gasteiger partial charge in [0.1, 0.15) is 0 Å². The lowest BCUT2D eigenvalue weighted by atomic mass is 9.89. The Balaban J connectivity index is 2.74. The molecule has 0 aromatic rings. The van der Waals surface area contributed by atoms with Crippen LogP contribution in [-0.2, 0) is 0 Å². The van der Waals surface area contributed by atoms with Crippen molar-refractivity contribution in [3.8, 4) is 0 Å². The SMILES string of the molecule is C=C(C)C1C=CC(NC(C)=S)=C(C)C1. The van der Waals surface area contributed by atoms with Crippen LogP contribution in [0.4, 0.5) is 0 Å². The molecule has 1 aliphatic rings. The molecule has 0 amide bonds. The number of thiocarbonyl (C=S) groups is 1. The molecular weight excluding hydrogens is 190 g/mol. The van der Waals surface area contributed by atoms with Gasteiger partial charge < -0.3 is 5.32 Å². The highest BCUT2D eigenvalue weighted by Crippen LogP contribution is 2.26. The average Bonchev–Trinajstić information content (AvgIpc) is 2.07. The van der Waals surface area contributed by atoms with Gasteiger partial charge in [0.25, 0.3) is 0 Å². The molecule has 1 rings (SSSR count). The summed E-state index contributed by atoms with van der Waals surface area (Å²) in [7, 11) is 0. The smallest absolute Gasteiger partial charge is 0.0765 e. The van der Waals surface area contributed by atoms with E-state index < -0.39 is 0 Å². The highest BCUT2D eigenvalue weighted by atomic mass is 32.1. The highest BCUT2D eigenvalue weighted by molar-refractivity contribution is 7.80. The maximum atomic E-state index is 5.01. The Kier molecular flexibility index (Phi) is 3.64. The third-order valence-electron chi connectivity index (χ3n) is 2.42. The third-order valence-corrected chi connectivity index (χ3v) is 2.53. The van der Waals surface area contributed by atoms with Crippen LogP contribution < -0.4 is 5.32 Å². The van der Waals surface area contributed by atoms with Crippen LogP contribution in [0.25, 0.3) is 0 Å². The summed E-state index contributed by atoms with van der Waals surface area (Å²) in [6.07, 6.45) is 5.35. The average molecular weight is 207 g/mol. The zero-order valence-corrected chi connectivity index (χ0v) is 9.87. The van der Waals surface area contributed by atoms with Crippen molar-refractivity contribution in [2.24, 2.45) is 5.92 Å². The van der Waals surface area contributed by atoms with Gasteiger partial charge in [-0.2, -0.15) is 0 Å². The standard InChI is InChI=1S/C12H17NS/c1-8(2)11-5-6-12(9(3)7-11)13-10(4)14/h5-6,11H,1,7H2,2-4H3,(H,13,14). The van der Waals surface area contributed by atoms with Gasteiger partial charge in [-0.15, -0.1) is 0 Å². The van der Waals surface area contributed by atoms with Crippen molar-refractivity contribution in [3.63, 3.8) is 0 Å². The number of hydrogen-bond donors (Lipinski definition) is 1. The van der Waals surface area contributed by atoms with Crippen molar-refractivity contribution in [2.75, 3.05) is 0 Å². The van der Waals surface area contributed by atoms with Crippen molar-refractivity contribution in [1.82, 2.24) is 5.32 Å². The lowest BCUT2D eigenvalue weighted by Gasteiger charge is -2.21. The number of nitrogens with one attached hydrogen (secondary N) is 1. The van der Waals surface area contributed by atoms with E-state index in [1.165, 1.54) is 11.1 Å². The molecule has 0 fully saturated rings. The third kappa shape index (κ3) is 2.81. The molecule has 0 saturated heterocycles. The number of rotatable bonds is 2. The van der Waals surface area contributed by atoms with Crippen LogP contribution in [0.1, 0.15) is 27.2 Å². The first-order valence-electron chi connectivity index (χ1n) is 4.81. The van der Waals surface area contributed by atoms with Gasteiger partial charge >= 0.3 is 0 Å². The van der Waals surface area contributed by atoms with E-state index in [4.69, 9.17) is 12.2 Å². The van der Waals surface area contributed by atoms with Crippen LogP contribution in [0.5, 0.6) is 0 Å². The van der Waals surface area contributed by atoms with Gasteiger partial charge in [0.15, 0.2) is 0 Å². The lowest BCUT2D eigenvalue weighted by molar-refractivity contribution is 0.723. The molecule has 0 radical (unpaired) electrons. The van der Waals surface area contributed by atoms with Crippen LogP contribution >= 0.6 is 12.2 Å². The fourth-order valence-electron chi connectivity index (χ4n) is 1.54. The summed E-state index contributed by atoms with van der Waals surface area (Å²) in [4.78, 5) is 0.817. The Morgan fingerprint density at radius 1 is 1.57 bits per heavy atom. The summed E-state index contributed by atoms with van der Waals surface area (Å²) in [5.74, 6) is 0.492. The Hall–Kier alpha value is -0.890. The van der Waals surface area contributed by atoms with Gasteiger partial charge in [-0.1, -0.05) is 30.4 Å². The van der Waals surface area contributed by atoms with Crippen molar-refractivity contribution < 1.29 is 0 Å². The number of hydrogen-bond acceptors (Lipinski definition) is 1. The first-order valence-corrected chi connectivity index (χ1v) is 5.22. The molecule has 0 aliphatic heterocycles. The Morgan fingerprint density at radius 3 is 2.64 bits per heavy atom. The van der Waals surface area contributed by atoms with Crippen LogP contribution in [0.2, 0.25) is 0 Å². The molecular formula is C12H17NS. The van der Waals surface area contributed by atoms with E-state index in [0.29, 0.717) is 5.92 Å². The predicted molar refractivity (Wildman–Crippen MR) is 66.2 cm³/mol. The summed E-state index contributed by atoms with van der Waals surface area (Å²) in [6.45, 7) is 10.1. The largest absolute Gasteiger partial charge is 0.350 e. The molecule has 14 heavy (non-hydrogen) atoms. The first kappa shape index (κ1) is 11.2. The molecule has 1 N–H and O–H groups in total. The van der Waals surface area contributed by atoms with E-state index in [0.717, 1.165) is 17.1 Å². The molecule has 0 aromatic heterocycles. The van der Waals surface area contributed by atoms with E-state index in [9.17, 15) is 0 Å². The summed E-state index contributed by atoms with van der Waals surface area (Å²) in [5.41, 5.74) is 3.72.